The van der Waals surface area contributed by atoms with Crippen molar-refractivity contribution >= 4 is 5.91 Å². The fourth-order valence-corrected chi connectivity index (χ4v) is 2.92. The van der Waals surface area contributed by atoms with Crippen molar-refractivity contribution in [1.29, 1.82) is 0 Å². The van der Waals surface area contributed by atoms with Crippen molar-refractivity contribution in [2.75, 3.05) is 19.6 Å². The number of likely N-dealkylation sites (tertiary alicyclic amines) is 1. The van der Waals surface area contributed by atoms with Gasteiger partial charge in [0.15, 0.2) is 0 Å². The molecular formula is C11H16N4O2. The highest BCUT2D eigenvalue weighted by molar-refractivity contribution is 5.92. The quantitative estimate of drug-likeness (QED) is 0.616. The monoisotopic (exact) mass is 236 g/mol. The second-order valence-electron chi connectivity index (χ2n) is 4.78. The van der Waals surface area contributed by atoms with Crippen LogP contribution in [0.25, 0.3) is 0 Å². The minimum Gasteiger partial charge on any atom is -0.333 e. The average Bonchev–Trinajstić information content (AvgIpc) is 2.95. The molecule has 92 valence electrons. The Hall–Kier alpha value is -1.56. The fraction of sp³-hybridized carbons (Fsp3) is 0.636. The van der Waals surface area contributed by atoms with Gasteiger partial charge in [-0.3, -0.25) is 4.79 Å². The normalized spacial score (nSPS) is 28.1. The maximum Gasteiger partial charge on any atom is 0.323 e. The van der Waals surface area contributed by atoms with E-state index >= 15 is 0 Å². The molecule has 0 aromatic carbocycles. The van der Waals surface area contributed by atoms with Crippen LogP contribution < -0.4 is 11.0 Å². The highest BCUT2D eigenvalue weighted by atomic mass is 16.2. The molecule has 3 heterocycles. The number of imidazole rings is 1. The Kier molecular flexibility index (Phi) is 2.51. The van der Waals surface area contributed by atoms with E-state index in [0.29, 0.717) is 11.6 Å². The highest BCUT2D eigenvalue weighted by Gasteiger charge is 2.37. The molecule has 2 saturated heterocycles. The lowest BCUT2D eigenvalue weighted by Crippen LogP contribution is -2.48. The summed E-state index contributed by atoms with van der Waals surface area (Å²) in [7, 11) is 0. The van der Waals surface area contributed by atoms with Crippen molar-refractivity contribution in [1.82, 2.24) is 20.2 Å². The number of hydrogen-bond donors (Lipinski definition) is 3. The van der Waals surface area contributed by atoms with Gasteiger partial charge in [-0.15, -0.1) is 0 Å². The van der Waals surface area contributed by atoms with Crippen LogP contribution in [0, 0.1) is 5.92 Å². The van der Waals surface area contributed by atoms with Crippen LogP contribution in [0.1, 0.15) is 23.3 Å². The topological polar surface area (TPSA) is 81.0 Å². The molecule has 6 nitrogen and oxygen atoms in total. The van der Waals surface area contributed by atoms with E-state index in [0.717, 1.165) is 26.1 Å². The summed E-state index contributed by atoms with van der Waals surface area (Å²) in [6.45, 7) is 2.65. The number of fused-ring (bicyclic) bond motifs is 1. The van der Waals surface area contributed by atoms with Gasteiger partial charge in [0.05, 0.1) is 0 Å². The summed E-state index contributed by atoms with van der Waals surface area (Å²) in [4.78, 5) is 30.2. The number of amides is 1. The lowest BCUT2D eigenvalue weighted by atomic mass is 9.92. The minimum absolute atomic E-state index is 0.0678. The highest BCUT2D eigenvalue weighted by Crippen LogP contribution is 2.27. The number of H-pyrrole nitrogens is 2. The number of carbonyl (C=O) groups excluding carboxylic acids is 1. The van der Waals surface area contributed by atoms with Gasteiger partial charge in [0, 0.05) is 31.9 Å². The van der Waals surface area contributed by atoms with E-state index in [2.05, 4.69) is 15.3 Å². The van der Waals surface area contributed by atoms with Gasteiger partial charge in [-0.05, 0) is 18.8 Å². The molecule has 0 saturated carbocycles. The van der Waals surface area contributed by atoms with Crippen LogP contribution in [0.3, 0.4) is 0 Å². The van der Waals surface area contributed by atoms with Crippen molar-refractivity contribution < 1.29 is 4.79 Å². The number of piperidine rings is 1. The Labute approximate surface area is 98.4 Å². The van der Waals surface area contributed by atoms with Crippen LogP contribution in [-0.4, -0.2) is 46.5 Å². The number of carbonyl (C=O) groups is 1. The summed E-state index contributed by atoms with van der Waals surface area (Å²) in [5.41, 5.74) is 0.0361. The van der Waals surface area contributed by atoms with E-state index in [1.54, 1.807) is 0 Å². The molecule has 3 N–H and O–H groups in total. The summed E-state index contributed by atoms with van der Waals surface area (Å²) < 4.78 is 0. The molecule has 2 unspecified atom stereocenters. The van der Waals surface area contributed by atoms with Gasteiger partial charge in [0.2, 0.25) is 0 Å². The fourth-order valence-electron chi connectivity index (χ4n) is 2.92. The molecule has 17 heavy (non-hydrogen) atoms. The van der Waals surface area contributed by atoms with Gasteiger partial charge >= 0.3 is 5.69 Å². The van der Waals surface area contributed by atoms with Crippen molar-refractivity contribution in [3.63, 3.8) is 0 Å². The second-order valence-corrected chi connectivity index (χ2v) is 4.78. The minimum atomic E-state index is -0.327. The molecule has 1 aromatic heterocycles. The zero-order valence-corrected chi connectivity index (χ0v) is 9.53. The van der Waals surface area contributed by atoms with Crippen molar-refractivity contribution in [2.45, 2.75) is 18.9 Å². The molecule has 0 bridgehead atoms. The first-order chi connectivity index (χ1) is 8.25. The molecule has 3 rings (SSSR count). The third-order valence-corrected chi connectivity index (χ3v) is 3.77. The first kappa shape index (κ1) is 10.6. The summed E-state index contributed by atoms with van der Waals surface area (Å²) in [6.07, 6.45) is 3.69. The Morgan fingerprint density at radius 2 is 2.29 bits per heavy atom. The van der Waals surface area contributed by atoms with Crippen molar-refractivity contribution in [2.24, 2.45) is 5.92 Å². The van der Waals surface area contributed by atoms with Gasteiger partial charge in [-0.1, -0.05) is 0 Å². The molecule has 2 atom stereocenters. The van der Waals surface area contributed by atoms with E-state index in [1.165, 1.54) is 12.6 Å². The van der Waals surface area contributed by atoms with E-state index < -0.39 is 0 Å². The summed E-state index contributed by atoms with van der Waals surface area (Å²) in [5.74, 6) is 0.500. The molecule has 0 aliphatic carbocycles. The van der Waals surface area contributed by atoms with Crippen LogP contribution in [0.5, 0.6) is 0 Å². The number of nitrogens with one attached hydrogen (secondary N) is 3. The van der Waals surface area contributed by atoms with Gasteiger partial charge in [0.25, 0.3) is 5.91 Å². The third kappa shape index (κ3) is 1.78. The first-order valence-electron chi connectivity index (χ1n) is 6.05. The Balaban J connectivity index is 1.83. The predicted molar refractivity (Wildman–Crippen MR) is 61.8 cm³/mol. The number of hydrogen-bond acceptors (Lipinski definition) is 3. The average molecular weight is 236 g/mol. The summed E-state index contributed by atoms with van der Waals surface area (Å²) >= 11 is 0. The summed E-state index contributed by atoms with van der Waals surface area (Å²) in [6, 6.07) is 0.287. The van der Waals surface area contributed by atoms with Crippen LogP contribution in [0.2, 0.25) is 0 Å². The number of nitrogens with zero attached hydrogens (tertiary/aromatic N) is 1. The molecule has 2 aliphatic rings. The Morgan fingerprint density at radius 1 is 1.41 bits per heavy atom. The van der Waals surface area contributed by atoms with E-state index in [4.69, 9.17) is 0 Å². The predicted octanol–water partition coefficient (Wildman–Crippen LogP) is -0.473. The number of rotatable bonds is 1. The van der Waals surface area contributed by atoms with E-state index in [9.17, 15) is 9.59 Å². The third-order valence-electron chi connectivity index (χ3n) is 3.77. The molecule has 6 heteroatoms. The Bertz CT molecular complexity index is 478. The smallest absolute Gasteiger partial charge is 0.323 e. The molecule has 2 fully saturated rings. The lowest BCUT2D eigenvalue weighted by molar-refractivity contribution is 0.0569. The largest absolute Gasteiger partial charge is 0.333 e. The van der Waals surface area contributed by atoms with Crippen LogP contribution in [-0.2, 0) is 0 Å². The molecule has 1 amide bonds. The van der Waals surface area contributed by atoms with Gasteiger partial charge in [-0.25, -0.2) is 4.79 Å². The standard InChI is InChI=1S/C11H16N4O2/c16-10(8-5-13-11(17)14-8)15-3-1-2-7-4-12-6-9(7)15/h5,7,9,12H,1-4,6H2,(H2,13,14,17). The van der Waals surface area contributed by atoms with E-state index in [1.807, 2.05) is 4.90 Å². The SMILES string of the molecule is O=C(c1c[nH]c(=O)[nH]1)N1CCCC2CNCC21. The van der Waals surface area contributed by atoms with Gasteiger partial charge in [0.1, 0.15) is 5.69 Å². The lowest BCUT2D eigenvalue weighted by Gasteiger charge is -2.36. The molecule has 2 aliphatic heterocycles. The van der Waals surface area contributed by atoms with Gasteiger partial charge < -0.3 is 20.2 Å². The van der Waals surface area contributed by atoms with Gasteiger partial charge in [-0.2, -0.15) is 0 Å². The molecule has 1 aromatic rings. The first-order valence-corrected chi connectivity index (χ1v) is 6.05. The zero-order valence-electron chi connectivity index (χ0n) is 9.53. The maximum atomic E-state index is 12.3. The molecule has 0 radical (unpaired) electrons. The van der Waals surface area contributed by atoms with Crippen LogP contribution >= 0.6 is 0 Å². The second kappa shape index (κ2) is 4.03. The van der Waals surface area contributed by atoms with E-state index in [-0.39, 0.29) is 17.6 Å². The van der Waals surface area contributed by atoms with Crippen molar-refractivity contribution in [3.8, 4) is 0 Å². The van der Waals surface area contributed by atoms with Crippen LogP contribution in [0.15, 0.2) is 11.0 Å². The molecular weight excluding hydrogens is 220 g/mol. The number of aromatic nitrogens is 2. The molecule has 0 spiro atoms. The van der Waals surface area contributed by atoms with Crippen LogP contribution in [0.4, 0.5) is 0 Å². The maximum absolute atomic E-state index is 12.3. The van der Waals surface area contributed by atoms with Crippen molar-refractivity contribution in [3.05, 3.63) is 22.4 Å². The summed E-state index contributed by atoms with van der Waals surface area (Å²) in [5, 5.41) is 3.33. The number of aromatic amines is 2. The Morgan fingerprint density at radius 3 is 3.06 bits per heavy atom. The zero-order chi connectivity index (χ0) is 11.8.